The minimum atomic E-state index is -3.30. The van der Waals surface area contributed by atoms with Crippen LogP contribution >= 0.6 is 11.3 Å². The van der Waals surface area contributed by atoms with Crippen LogP contribution in [-0.4, -0.2) is 38.9 Å². The summed E-state index contributed by atoms with van der Waals surface area (Å²) in [5.74, 6) is 0. The molecule has 102 valence electrons. The van der Waals surface area contributed by atoms with Gasteiger partial charge in [0.2, 0.25) is 0 Å². The molecule has 1 aliphatic rings. The first-order chi connectivity index (χ1) is 8.55. The Bertz CT molecular complexity index is 490. The molecule has 2 rings (SSSR count). The number of thiophene rings is 1. The number of rotatable bonds is 4. The molecule has 0 aliphatic carbocycles. The molecule has 0 radical (unpaired) electrons. The first-order valence-corrected chi connectivity index (χ1v) is 8.59. The fraction of sp³-hybridized carbons (Fsp3) is 0.667. The number of nitrogens with one attached hydrogen (secondary N) is 1. The lowest BCUT2D eigenvalue weighted by Gasteiger charge is -2.30. The SMILES string of the molecule is CCc1ccc(S(=O)(=O)N(C)C2CCNCC2)s1. The zero-order chi connectivity index (χ0) is 13.2. The molecule has 0 unspecified atom stereocenters. The average molecular weight is 288 g/mol. The van der Waals surface area contributed by atoms with Crippen LogP contribution in [0.1, 0.15) is 24.6 Å². The quantitative estimate of drug-likeness (QED) is 0.917. The molecule has 4 nitrogen and oxygen atoms in total. The van der Waals surface area contributed by atoms with E-state index in [2.05, 4.69) is 5.32 Å². The standard InChI is InChI=1S/C12H20N2O2S2/c1-3-11-4-5-12(17-11)18(15,16)14(2)10-6-8-13-9-7-10/h4-5,10,13H,3,6-9H2,1-2H3. The van der Waals surface area contributed by atoms with Crippen LogP contribution < -0.4 is 5.32 Å². The third kappa shape index (κ3) is 2.77. The number of sulfonamides is 1. The van der Waals surface area contributed by atoms with Crippen LogP contribution in [0.5, 0.6) is 0 Å². The van der Waals surface area contributed by atoms with Crippen LogP contribution in [0.25, 0.3) is 0 Å². The summed E-state index contributed by atoms with van der Waals surface area (Å²) in [5, 5.41) is 3.26. The lowest BCUT2D eigenvalue weighted by atomic mass is 10.1. The Hall–Kier alpha value is -0.430. The molecule has 1 saturated heterocycles. The van der Waals surface area contributed by atoms with E-state index in [0.29, 0.717) is 4.21 Å². The van der Waals surface area contributed by atoms with Crippen molar-refractivity contribution in [1.82, 2.24) is 9.62 Å². The van der Waals surface area contributed by atoms with Gasteiger partial charge < -0.3 is 5.32 Å². The van der Waals surface area contributed by atoms with E-state index in [1.165, 1.54) is 11.3 Å². The van der Waals surface area contributed by atoms with Gasteiger partial charge in [0.05, 0.1) is 0 Å². The molecule has 0 atom stereocenters. The maximum Gasteiger partial charge on any atom is 0.252 e. The van der Waals surface area contributed by atoms with E-state index in [0.717, 1.165) is 37.2 Å². The van der Waals surface area contributed by atoms with Gasteiger partial charge in [-0.1, -0.05) is 6.92 Å². The van der Waals surface area contributed by atoms with Gasteiger partial charge in [0.15, 0.2) is 0 Å². The zero-order valence-electron chi connectivity index (χ0n) is 10.8. The van der Waals surface area contributed by atoms with Crippen LogP contribution in [-0.2, 0) is 16.4 Å². The highest BCUT2D eigenvalue weighted by atomic mass is 32.2. The second kappa shape index (κ2) is 5.69. The molecule has 1 aromatic rings. The fourth-order valence-electron chi connectivity index (χ4n) is 2.20. The largest absolute Gasteiger partial charge is 0.317 e. The van der Waals surface area contributed by atoms with E-state index in [1.807, 2.05) is 13.0 Å². The molecule has 0 saturated carbocycles. The Morgan fingerprint density at radius 1 is 1.39 bits per heavy atom. The minimum absolute atomic E-state index is 0.128. The summed E-state index contributed by atoms with van der Waals surface area (Å²) < 4.78 is 27.0. The van der Waals surface area contributed by atoms with E-state index in [1.54, 1.807) is 17.4 Å². The molecule has 1 aromatic heterocycles. The van der Waals surface area contributed by atoms with E-state index in [9.17, 15) is 8.42 Å². The number of nitrogens with zero attached hydrogens (tertiary/aromatic N) is 1. The van der Waals surface area contributed by atoms with E-state index >= 15 is 0 Å². The van der Waals surface area contributed by atoms with Gasteiger partial charge in [0.25, 0.3) is 10.0 Å². The number of aryl methyl sites for hydroxylation is 1. The molecule has 18 heavy (non-hydrogen) atoms. The Morgan fingerprint density at radius 3 is 2.61 bits per heavy atom. The van der Waals surface area contributed by atoms with Gasteiger partial charge in [0, 0.05) is 18.0 Å². The summed E-state index contributed by atoms with van der Waals surface area (Å²) in [6.45, 7) is 3.84. The van der Waals surface area contributed by atoms with Gasteiger partial charge >= 0.3 is 0 Å². The Kier molecular flexibility index (Phi) is 4.42. The third-order valence-corrected chi connectivity index (χ3v) is 7.05. The molecule has 1 aliphatic heterocycles. The molecule has 0 aromatic carbocycles. The number of piperidine rings is 1. The maximum atomic E-state index is 12.5. The van der Waals surface area contributed by atoms with Crippen molar-refractivity contribution < 1.29 is 8.42 Å². The second-order valence-corrected chi connectivity index (χ2v) is 7.97. The lowest BCUT2D eigenvalue weighted by molar-refractivity contribution is 0.297. The second-order valence-electron chi connectivity index (χ2n) is 4.58. The van der Waals surface area contributed by atoms with Crippen molar-refractivity contribution in [2.24, 2.45) is 0 Å². The van der Waals surface area contributed by atoms with Gasteiger partial charge in [-0.3, -0.25) is 0 Å². The monoisotopic (exact) mass is 288 g/mol. The molecule has 6 heteroatoms. The third-order valence-electron chi connectivity index (χ3n) is 3.44. The van der Waals surface area contributed by atoms with E-state index < -0.39 is 10.0 Å². The summed E-state index contributed by atoms with van der Waals surface area (Å²) in [5.41, 5.74) is 0. The summed E-state index contributed by atoms with van der Waals surface area (Å²) in [4.78, 5) is 1.12. The summed E-state index contributed by atoms with van der Waals surface area (Å²) >= 11 is 1.39. The molecule has 0 amide bonds. The number of hydrogen-bond acceptors (Lipinski definition) is 4. The smallest absolute Gasteiger partial charge is 0.252 e. The van der Waals surface area contributed by atoms with Crippen LogP contribution in [0.15, 0.2) is 16.3 Å². The lowest BCUT2D eigenvalue weighted by Crippen LogP contribution is -2.43. The van der Waals surface area contributed by atoms with Crippen molar-refractivity contribution in [3.8, 4) is 0 Å². The highest BCUT2D eigenvalue weighted by Gasteiger charge is 2.29. The van der Waals surface area contributed by atoms with Gasteiger partial charge in [-0.2, -0.15) is 4.31 Å². The van der Waals surface area contributed by atoms with Gasteiger partial charge in [-0.15, -0.1) is 11.3 Å². The molecule has 2 heterocycles. The highest BCUT2D eigenvalue weighted by Crippen LogP contribution is 2.27. The van der Waals surface area contributed by atoms with E-state index in [-0.39, 0.29) is 6.04 Å². The molecule has 0 bridgehead atoms. The fourth-order valence-corrected chi connectivity index (χ4v) is 5.09. The molecular weight excluding hydrogens is 268 g/mol. The summed E-state index contributed by atoms with van der Waals surface area (Å²) in [6.07, 6.45) is 2.67. The minimum Gasteiger partial charge on any atom is -0.317 e. The van der Waals surface area contributed by atoms with Crippen LogP contribution in [0.4, 0.5) is 0 Å². The van der Waals surface area contributed by atoms with Crippen molar-refractivity contribution >= 4 is 21.4 Å². The van der Waals surface area contributed by atoms with Crippen molar-refractivity contribution in [2.75, 3.05) is 20.1 Å². The van der Waals surface area contributed by atoms with Crippen molar-refractivity contribution in [1.29, 1.82) is 0 Å². The first-order valence-electron chi connectivity index (χ1n) is 6.33. The first kappa shape index (κ1) is 14.0. The maximum absolute atomic E-state index is 12.5. The Labute approximate surface area is 113 Å². The van der Waals surface area contributed by atoms with Crippen LogP contribution in [0, 0.1) is 0 Å². The molecule has 1 N–H and O–H groups in total. The van der Waals surface area contributed by atoms with Crippen molar-refractivity contribution in [3.63, 3.8) is 0 Å². The topological polar surface area (TPSA) is 49.4 Å². The predicted molar refractivity (Wildman–Crippen MR) is 74.5 cm³/mol. The average Bonchev–Trinajstić information content (AvgIpc) is 2.88. The van der Waals surface area contributed by atoms with Crippen molar-refractivity contribution in [2.45, 2.75) is 36.4 Å². The van der Waals surface area contributed by atoms with Crippen LogP contribution in [0.3, 0.4) is 0 Å². The molecular formula is C12H20N2O2S2. The molecule has 0 spiro atoms. The van der Waals surface area contributed by atoms with Gasteiger partial charge in [-0.25, -0.2) is 8.42 Å². The Morgan fingerprint density at radius 2 is 2.06 bits per heavy atom. The van der Waals surface area contributed by atoms with Crippen LogP contribution in [0.2, 0.25) is 0 Å². The number of hydrogen-bond donors (Lipinski definition) is 1. The predicted octanol–water partition coefficient (Wildman–Crippen LogP) is 1.68. The van der Waals surface area contributed by atoms with Gasteiger partial charge in [-0.05, 0) is 44.5 Å². The zero-order valence-corrected chi connectivity index (χ0v) is 12.5. The van der Waals surface area contributed by atoms with Gasteiger partial charge in [0.1, 0.15) is 4.21 Å². The Balaban J connectivity index is 2.18. The summed E-state index contributed by atoms with van der Waals surface area (Å²) in [7, 11) is -1.60. The summed E-state index contributed by atoms with van der Waals surface area (Å²) in [6, 6.07) is 3.77. The van der Waals surface area contributed by atoms with Crippen molar-refractivity contribution in [3.05, 3.63) is 17.0 Å². The normalized spacial score (nSPS) is 18.4. The van der Waals surface area contributed by atoms with E-state index in [4.69, 9.17) is 0 Å². The molecule has 1 fully saturated rings. The highest BCUT2D eigenvalue weighted by molar-refractivity contribution is 7.91.